The molecule has 0 saturated carbocycles. The van der Waals surface area contributed by atoms with Crippen LogP contribution in [0.15, 0.2) is 36.4 Å². The van der Waals surface area contributed by atoms with Gasteiger partial charge in [0.2, 0.25) is 5.91 Å². The number of nitrogens with one attached hydrogen (secondary N) is 1. The molecule has 2 aromatic rings. The van der Waals surface area contributed by atoms with E-state index in [0.29, 0.717) is 30.0 Å². The van der Waals surface area contributed by atoms with Gasteiger partial charge >= 0.3 is 0 Å². The Bertz CT molecular complexity index is 1180. The maximum absolute atomic E-state index is 13.1. The lowest BCUT2D eigenvalue weighted by Crippen LogP contribution is -2.47. The van der Waals surface area contributed by atoms with Crippen molar-refractivity contribution in [3.8, 4) is 16.9 Å². The van der Waals surface area contributed by atoms with Gasteiger partial charge < -0.3 is 36.6 Å². The average Bonchev–Trinajstić information content (AvgIpc) is 3.33. The van der Waals surface area contributed by atoms with E-state index in [1.54, 1.807) is 35.6 Å². The third kappa shape index (κ3) is 8.28. The molecule has 3 rings (SSSR count). The van der Waals surface area contributed by atoms with Crippen LogP contribution in [0.3, 0.4) is 0 Å². The van der Waals surface area contributed by atoms with Gasteiger partial charge in [0.25, 0.3) is 5.91 Å². The van der Waals surface area contributed by atoms with Crippen LogP contribution in [0.4, 0.5) is 5.69 Å². The number of anilines is 1. The van der Waals surface area contributed by atoms with Crippen molar-refractivity contribution in [3.63, 3.8) is 0 Å². The van der Waals surface area contributed by atoms with Crippen molar-refractivity contribution in [1.29, 1.82) is 0 Å². The van der Waals surface area contributed by atoms with Crippen LogP contribution in [0.5, 0.6) is 5.75 Å². The number of nitrogens with zero attached hydrogens (tertiary/aromatic N) is 2. The van der Waals surface area contributed by atoms with E-state index in [2.05, 4.69) is 5.32 Å². The molecule has 1 fully saturated rings. The first kappa shape index (κ1) is 33.0. The summed E-state index contributed by atoms with van der Waals surface area (Å²) in [7, 11) is 8.73. The minimum absolute atomic E-state index is 0.116. The number of aliphatic hydroxyl groups excluding tert-OH is 2. The fourth-order valence-corrected chi connectivity index (χ4v) is 6.64. The fraction of sp³-hybridized carbons (Fsp3) is 0.500. The molecule has 1 aliphatic heterocycles. The molecule has 2 aromatic carbocycles. The van der Waals surface area contributed by atoms with E-state index in [1.165, 1.54) is 5.06 Å². The normalized spacial score (nSPS) is 19.6. The number of ether oxygens (including phenoxy) is 1. The predicted octanol–water partition coefficient (Wildman–Crippen LogP) is 1.46. The molecule has 0 bridgehead atoms. The molecule has 226 valence electrons. The van der Waals surface area contributed by atoms with Crippen LogP contribution in [0.25, 0.3) is 11.1 Å². The fourth-order valence-electron chi connectivity index (χ4n) is 4.88. The van der Waals surface area contributed by atoms with Crippen LogP contribution in [-0.2, 0) is 16.2 Å². The molecule has 0 spiro atoms. The number of hydrogen-bond donors (Lipinski definition) is 5. The molecule has 2 amide bonds. The molecule has 0 unspecified atom stereocenters. The minimum Gasteiger partial charge on any atom is -0.496 e. The molecular weight excluding hydrogens is 566 g/mol. The zero-order valence-corrected chi connectivity index (χ0v) is 25.5. The van der Waals surface area contributed by atoms with Crippen molar-refractivity contribution in [3.05, 3.63) is 47.5 Å². The SMILES string of the molecule is COc1c(CN2O[C@@H](CO)[C@@H]([C@H](C)O)[C@H]2C(N)=O)cccc1-c1cc(C(=O)NCCSSCCN)cc(N(C)C)c1. The molecule has 41 heavy (non-hydrogen) atoms. The molecule has 0 radical (unpaired) electrons. The van der Waals surface area contributed by atoms with Gasteiger partial charge in [0.05, 0.1) is 26.4 Å². The number of methoxy groups -OCH3 is 1. The van der Waals surface area contributed by atoms with Crippen molar-refractivity contribution in [1.82, 2.24) is 10.4 Å². The van der Waals surface area contributed by atoms with Gasteiger partial charge in [-0.05, 0) is 30.7 Å². The third-order valence-electron chi connectivity index (χ3n) is 6.79. The summed E-state index contributed by atoms with van der Waals surface area (Å²) >= 11 is 0. The number of hydroxylamine groups is 2. The zero-order chi connectivity index (χ0) is 30.1. The molecule has 1 heterocycles. The highest BCUT2D eigenvalue weighted by atomic mass is 33.1. The minimum atomic E-state index is -0.945. The van der Waals surface area contributed by atoms with E-state index < -0.39 is 30.1 Å². The Balaban J connectivity index is 1.92. The highest BCUT2D eigenvalue weighted by Crippen LogP contribution is 2.38. The largest absolute Gasteiger partial charge is 0.496 e. The predicted molar refractivity (Wildman–Crippen MR) is 165 cm³/mol. The van der Waals surface area contributed by atoms with E-state index in [1.807, 2.05) is 55.4 Å². The molecule has 1 aliphatic rings. The highest BCUT2D eigenvalue weighted by molar-refractivity contribution is 8.76. The van der Waals surface area contributed by atoms with E-state index in [-0.39, 0.29) is 19.1 Å². The van der Waals surface area contributed by atoms with Crippen LogP contribution in [0.2, 0.25) is 0 Å². The van der Waals surface area contributed by atoms with Gasteiger partial charge in [0, 0.05) is 67.0 Å². The van der Waals surface area contributed by atoms with E-state index >= 15 is 0 Å². The van der Waals surface area contributed by atoms with Gasteiger partial charge in [-0.15, -0.1) is 0 Å². The van der Waals surface area contributed by atoms with Crippen LogP contribution in [0.1, 0.15) is 22.8 Å². The first-order valence-corrected chi connectivity index (χ1v) is 15.8. The second kappa shape index (κ2) is 15.6. The number of carbonyl (C=O) groups excluding carboxylic acids is 2. The zero-order valence-electron chi connectivity index (χ0n) is 23.9. The number of amides is 2. The summed E-state index contributed by atoms with van der Waals surface area (Å²) in [6, 6.07) is 10.3. The summed E-state index contributed by atoms with van der Waals surface area (Å²) in [5.41, 5.74) is 14.8. The van der Waals surface area contributed by atoms with Gasteiger partial charge in [-0.1, -0.05) is 39.8 Å². The van der Waals surface area contributed by atoms with E-state index in [4.69, 9.17) is 21.0 Å². The number of aliphatic hydroxyl groups is 2. The second-order valence-corrected chi connectivity index (χ2v) is 12.6. The smallest absolute Gasteiger partial charge is 0.251 e. The topological polar surface area (TPSA) is 164 Å². The Morgan fingerprint density at radius 2 is 1.95 bits per heavy atom. The van der Waals surface area contributed by atoms with Gasteiger partial charge in [0.15, 0.2) is 0 Å². The first-order valence-electron chi connectivity index (χ1n) is 13.4. The maximum Gasteiger partial charge on any atom is 0.251 e. The number of primary amides is 1. The highest BCUT2D eigenvalue weighted by Gasteiger charge is 2.48. The standard InChI is InChI=1S/C28H41N5O6S2/c1-17(35)24-23(16-34)39-33(25(24)27(30)36)15-18-6-5-7-22(26(18)38-4)19-12-20(14-21(13-19)32(2)3)28(37)31-9-11-41-40-10-8-29/h5-7,12-14,17,23-25,34-35H,8-11,15-16,29H2,1-4H3,(H2,30,36)(H,31,37)/t17-,23-,24+,25-/m0/s1. The van der Waals surface area contributed by atoms with Crippen molar-refractivity contribution in [2.45, 2.75) is 31.7 Å². The van der Waals surface area contributed by atoms with Gasteiger partial charge in [-0.2, -0.15) is 5.06 Å². The summed E-state index contributed by atoms with van der Waals surface area (Å²) < 4.78 is 5.85. The first-order chi connectivity index (χ1) is 19.6. The van der Waals surface area contributed by atoms with Crippen molar-refractivity contribution >= 4 is 39.1 Å². The van der Waals surface area contributed by atoms with Crippen LogP contribution in [-0.4, -0.2) is 97.7 Å². The molecule has 13 heteroatoms. The lowest BCUT2D eigenvalue weighted by molar-refractivity contribution is -0.181. The van der Waals surface area contributed by atoms with Crippen molar-refractivity contribution in [2.75, 3.05) is 57.3 Å². The van der Waals surface area contributed by atoms with Crippen LogP contribution in [0, 0.1) is 5.92 Å². The van der Waals surface area contributed by atoms with Gasteiger partial charge in [0.1, 0.15) is 17.9 Å². The summed E-state index contributed by atoms with van der Waals surface area (Å²) in [5.74, 6) is 0.642. The van der Waals surface area contributed by atoms with Gasteiger partial charge in [-0.3, -0.25) is 14.4 Å². The number of rotatable bonds is 15. The number of hydrogen-bond acceptors (Lipinski definition) is 11. The Kier molecular flexibility index (Phi) is 12.6. The molecule has 11 nitrogen and oxygen atoms in total. The molecule has 4 atom stereocenters. The Morgan fingerprint density at radius 3 is 2.56 bits per heavy atom. The lowest BCUT2D eigenvalue weighted by atomic mass is 9.89. The summed E-state index contributed by atoms with van der Waals surface area (Å²) in [6.45, 7) is 2.44. The Morgan fingerprint density at radius 1 is 1.22 bits per heavy atom. The number of benzene rings is 2. The monoisotopic (exact) mass is 607 g/mol. The summed E-state index contributed by atoms with van der Waals surface area (Å²) in [6.07, 6.45) is -1.71. The molecule has 7 N–H and O–H groups in total. The van der Waals surface area contributed by atoms with Crippen molar-refractivity contribution in [2.24, 2.45) is 17.4 Å². The number of para-hydroxylation sites is 1. The Hall–Kier alpha value is -2.52. The molecule has 0 aliphatic carbocycles. The summed E-state index contributed by atoms with van der Waals surface area (Å²) in [5, 5.41) is 24.5. The van der Waals surface area contributed by atoms with Crippen LogP contribution < -0.4 is 26.4 Å². The molecule has 1 saturated heterocycles. The second-order valence-electron chi connectivity index (χ2n) is 9.92. The molecular formula is C28H41N5O6S2. The lowest BCUT2D eigenvalue weighted by Gasteiger charge is -2.25. The summed E-state index contributed by atoms with van der Waals surface area (Å²) in [4.78, 5) is 33.3. The van der Waals surface area contributed by atoms with Crippen molar-refractivity contribution < 1.29 is 29.4 Å². The molecule has 0 aromatic heterocycles. The quantitative estimate of drug-likeness (QED) is 0.147. The maximum atomic E-state index is 13.1. The van der Waals surface area contributed by atoms with Gasteiger partial charge in [-0.25, -0.2) is 0 Å². The average molecular weight is 608 g/mol. The van der Waals surface area contributed by atoms with E-state index in [9.17, 15) is 19.8 Å². The van der Waals surface area contributed by atoms with E-state index in [0.717, 1.165) is 28.3 Å². The number of carbonyl (C=O) groups is 2. The number of nitrogens with two attached hydrogens (primary N) is 2. The third-order valence-corrected chi connectivity index (χ3v) is 9.23. The Labute approximate surface area is 249 Å². The van der Waals surface area contributed by atoms with Crippen LogP contribution >= 0.6 is 21.6 Å².